The van der Waals surface area contributed by atoms with Gasteiger partial charge in [0.25, 0.3) is 5.91 Å². The average molecular weight is 319 g/mol. The van der Waals surface area contributed by atoms with Gasteiger partial charge in [0.2, 0.25) is 0 Å². The Hall–Kier alpha value is -2.88. The summed E-state index contributed by atoms with van der Waals surface area (Å²) >= 11 is 0. The van der Waals surface area contributed by atoms with Gasteiger partial charge in [0.15, 0.2) is 0 Å². The number of pyridine rings is 1. The van der Waals surface area contributed by atoms with Crippen LogP contribution in [0.15, 0.2) is 61.1 Å². The quantitative estimate of drug-likeness (QED) is 0.777. The summed E-state index contributed by atoms with van der Waals surface area (Å²) < 4.78 is 1.97. The topological polar surface area (TPSA) is 46.9 Å². The van der Waals surface area contributed by atoms with Crippen LogP contribution in [0.2, 0.25) is 0 Å². The standard InChI is InChI=1S/C20H21N3O/c1-3-23-14-18(17-8-10-21-11-9-17)12-19(23)20(24)22-13-16-6-4-15(2)5-7-16/h4-12,14H,3,13H2,1-2H3,(H,22,24). The minimum Gasteiger partial charge on any atom is -0.347 e. The molecule has 0 saturated heterocycles. The molecule has 1 amide bonds. The molecular weight excluding hydrogens is 298 g/mol. The van der Waals surface area contributed by atoms with Crippen LogP contribution >= 0.6 is 0 Å². The molecule has 4 nitrogen and oxygen atoms in total. The highest BCUT2D eigenvalue weighted by molar-refractivity contribution is 5.94. The summed E-state index contributed by atoms with van der Waals surface area (Å²) in [7, 11) is 0. The fourth-order valence-electron chi connectivity index (χ4n) is 2.64. The van der Waals surface area contributed by atoms with E-state index in [1.165, 1.54) is 5.56 Å². The molecule has 0 atom stereocenters. The van der Waals surface area contributed by atoms with E-state index in [-0.39, 0.29) is 5.91 Å². The second-order valence-electron chi connectivity index (χ2n) is 5.80. The SMILES string of the molecule is CCn1cc(-c2ccncc2)cc1C(=O)NCc1ccc(C)cc1. The van der Waals surface area contributed by atoms with Gasteiger partial charge in [0.05, 0.1) is 0 Å². The van der Waals surface area contributed by atoms with Crippen LogP contribution < -0.4 is 5.32 Å². The molecular formula is C20H21N3O. The van der Waals surface area contributed by atoms with Gasteiger partial charge in [-0.25, -0.2) is 0 Å². The Labute approximate surface area is 142 Å². The molecule has 0 fully saturated rings. The van der Waals surface area contributed by atoms with Crippen molar-refractivity contribution in [3.63, 3.8) is 0 Å². The maximum Gasteiger partial charge on any atom is 0.268 e. The number of benzene rings is 1. The van der Waals surface area contributed by atoms with E-state index in [2.05, 4.69) is 29.4 Å². The molecule has 0 spiro atoms. The fraction of sp³-hybridized carbons (Fsp3) is 0.200. The van der Waals surface area contributed by atoms with E-state index in [0.717, 1.165) is 23.2 Å². The van der Waals surface area contributed by atoms with Crippen molar-refractivity contribution in [3.05, 3.63) is 77.9 Å². The predicted octanol–water partition coefficient (Wildman–Crippen LogP) is 3.81. The second kappa shape index (κ2) is 7.13. The van der Waals surface area contributed by atoms with Crippen LogP contribution in [0.1, 0.15) is 28.5 Å². The van der Waals surface area contributed by atoms with Gasteiger partial charge < -0.3 is 9.88 Å². The van der Waals surface area contributed by atoms with Crippen molar-refractivity contribution in [2.75, 3.05) is 0 Å². The lowest BCUT2D eigenvalue weighted by molar-refractivity contribution is 0.0942. The van der Waals surface area contributed by atoms with E-state index in [9.17, 15) is 4.79 Å². The van der Waals surface area contributed by atoms with Crippen LogP contribution in [-0.4, -0.2) is 15.5 Å². The molecule has 0 aliphatic rings. The number of rotatable bonds is 5. The minimum atomic E-state index is -0.0577. The fourth-order valence-corrected chi connectivity index (χ4v) is 2.64. The van der Waals surface area contributed by atoms with Crippen LogP contribution in [0, 0.1) is 6.92 Å². The zero-order valence-corrected chi connectivity index (χ0v) is 14.0. The van der Waals surface area contributed by atoms with Crippen LogP contribution in [-0.2, 0) is 13.1 Å². The van der Waals surface area contributed by atoms with E-state index in [1.807, 2.05) is 48.0 Å². The van der Waals surface area contributed by atoms with Crippen LogP contribution in [0.25, 0.3) is 11.1 Å². The third-order valence-corrected chi connectivity index (χ3v) is 4.06. The first kappa shape index (κ1) is 16.0. The van der Waals surface area contributed by atoms with Gasteiger partial charge in [-0.1, -0.05) is 29.8 Å². The number of aryl methyl sites for hydroxylation is 2. The van der Waals surface area contributed by atoms with Crippen molar-refractivity contribution in [2.24, 2.45) is 0 Å². The Morgan fingerprint density at radius 1 is 1.08 bits per heavy atom. The smallest absolute Gasteiger partial charge is 0.268 e. The molecule has 0 unspecified atom stereocenters. The molecule has 0 aliphatic heterocycles. The van der Waals surface area contributed by atoms with E-state index >= 15 is 0 Å². The molecule has 24 heavy (non-hydrogen) atoms. The third kappa shape index (κ3) is 3.54. The van der Waals surface area contributed by atoms with Crippen molar-refractivity contribution in [2.45, 2.75) is 26.9 Å². The Bertz CT molecular complexity index is 820. The van der Waals surface area contributed by atoms with Gasteiger partial charge in [-0.3, -0.25) is 9.78 Å². The summed E-state index contributed by atoms with van der Waals surface area (Å²) in [4.78, 5) is 16.6. The lowest BCUT2D eigenvalue weighted by Gasteiger charge is -2.08. The molecule has 3 rings (SSSR count). The van der Waals surface area contributed by atoms with Crippen molar-refractivity contribution >= 4 is 5.91 Å². The molecule has 0 aliphatic carbocycles. The molecule has 0 radical (unpaired) electrons. The lowest BCUT2D eigenvalue weighted by Crippen LogP contribution is -2.25. The highest BCUT2D eigenvalue weighted by Crippen LogP contribution is 2.21. The van der Waals surface area contributed by atoms with Crippen LogP contribution in [0.5, 0.6) is 0 Å². The van der Waals surface area contributed by atoms with Gasteiger partial charge >= 0.3 is 0 Å². The summed E-state index contributed by atoms with van der Waals surface area (Å²) in [5.41, 5.74) is 5.07. The first-order chi connectivity index (χ1) is 11.7. The molecule has 0 bridgehead atoms. The van der Waals surface area contributed by atoms with E-state index in [4.69, 9.17) is 0 Å². The van der Waals surface area contributed by atoms with Crippen molar-refractivity contribution < 1.29 is 4.79 Å². The van der Waals surface area contributed by atoms with Gasteiger partial charge in [0, 0.05) is 37.2 Å². The number of carbonyl (C=O) groups excluding carboxylic acids is 1. The Kier molecular flexibility index (Phi) is 4.75. The maximum absolute atomic E-state index is 12.6. The van der Waals surface area contributed by atoms with Crippen LogP contribution in [0.4, 0.5) is 0 Å². The van der Waals surface area contributed by atoms with Gasteiger partial charge in [0.1, 0.15) is 5.69 Å². The molecule has 1 N–H and O–H groups in total. The zero-order valence-electron chi connectivity index (χ0n) is 14.0. The second-order valence-corrected chi connectivity index (χ2v) is 5.80. The summed E-state index contributed by atoms with van der Waals surface area (Å²) in [6, 6.07) is 14.0. The number of hydrogen-bond donors (Lipinski definition) is 1. The minimum absolute atomic E-state index is 0.0577. The number of nitrogens with one attached hydrogen (secondary N) is 1. The summed E-state index contributed by atoms with van der Waals surface area (Å²) in [5, 5.41) is 3.00. The zero-order chi connectivity index (χ0) is 16.9. The Morgan fingerprint density at radius 2 is 1.79 bits per heavy atom. The monoisotopic (exact) mass is 319 g/mol. The summed E-state index contributed by atoms with van der Waals surface area (Å²) in [5.74, 6) is -0.0577. The summed E-state index contributed by atoms with van der Waals surface area (Å²) in [6.45, 7) is 5.36. The maximum atomic E-state index is 12.6. The van der Waals surface area contributed by atoms with E-state index < -0.39 is 0 Å². The number of amides is 1. The number of aromatic nitrogens is 2. The largest absolute Gasteiger partial charge is 0.347 e. The molecule has 3 aromatic rings. The highest BCUT2D eigenvalue weighted by Gasteiger charge is 2.13. The van der Waals surface area contributed by atoms with E-state index in [1.54, 1.807) is 12.4 Å². The number of nitrogens with zero attached hydrogens (tertiary/aromatic N) is 2. The molecule has 2 heterocycles. The first-order valence-corrected chi connectivity index (χ1v) is 8.11. The first-order valence-electron chi connectivity index (χ1n) is 8.11. The lowest BCUT2D eigenvalue weighted by atomic mass is 10.1. The van der Waals surface area contributed by atoms with Crippen molar-refractivity contribution in [1.29, 1.82) is 0 Å². The molecule has 0 saturated carbocycles. The van der Waals surface area contributed by atoms with E-state index in [0.29, 0.717) is 12.2 Å². The number of hydrogen-bond acceptors (Lipinski definition) is 2. The predicted molar refractivity (Wildman–Crippen MR) is 95.7 cm³/mol. The highest BCUT2D eigenvalue weighted by atomic mass is 16.1. The van der Waals surface area contributed by atoms with Gasteiger partial charge in [-0.2, -0.15) is 0 Å². The van der Waals surface area contributed by atoms with Crippen molar-refractivity contribution in [3.8, 4) is 11.1 Å². The van der Waals surface area contributed by atoms with Gasteiger partial charge in [-0.15, -0.1) is 0 Å². The Balaban J connectivity index is 1.76. The van der Waals surface area contributed by atoms with Crippen LogP contribution in [0.3, 0.4) is 0 Å². The summed E-state index contributed by atoms with van der Waals surface area (Å²) in [6.07, 6.45) is 5.53. The Morgan fingerprint density at radius 3 is 2.46 bits per heavy atom. The normalized spacial score (nSPS) is 10.6. The third-order valence-electron chi connectivity index (χ3n) is 4.06. The molecule has 2 aromatic heterocycles. The van der Waals surface area contributed by atoms with Crippen molar-refractivity contribution in [1.82, 2.24) is 14.9 Å². The van der Waals surface area contributed by atoms with Gasteiger partial charge in [-0.05, 0) is 43.2 Å². The number of carbonyl (C=O) groups is 1. The molecule has 1 aromatic carbocycles. The average Bonchev–Trinajstić information content (AvgIpc) is 3.06. The molecule has 4 heteroatoms. The molecule has 122 valence electrons.